The van der Waals surface area contributed by atoms with E-state index >= 15 is 0 Å². The predicted molar refractivity (Wildman–Crippen MR) is 179 cm³/mol. The molecule has 0 radical (unpaired) electrons. The normalized spacial score (nSPS) is 13.9. The van der Waals surface area contributed by atoms with Gasteiger partial charge in [-0.3, -0.25) is 14.6 Å². The minimum atomic E-state index is -0.525. The fraction of sp³-hybridized carbons (Fsp3) is 0.444. The van der Waals surface area contributed by atoms with Crippen LogP contribution < -0.4 is 20.9 Å². The zero-order valence-corrected chi connectivity index (χ0v) is 26.2. The number of likely N-dealkylation sites (tertiary alicyclic amines) is 1. The highest BCUT2D eigenvalue weighted by atomic mass is 16.2. The van der Waals surface area contributed by atoms with Crippen LogP contribution in [0.15, 0.2) is 72.8 Å². The number of nitrogens with zero attached hydrogens (tertiary/aromatic N) is 3. The van der Waals surface area contributed by atoms with Crippen LogP contribution in [0.5, 0.6) is 0 Å². The number of urea groups is 1. The molecular weight excluding hydrogens is 534 g/mol. The Kier molecular flexibility index (Phi) is 12.0. The van der Waals surface area contributed by atoms with E-state index in [-0.39, 0.29) is 5.91 Å². The number of benzene rings is 3. The van der Waals surface area contributed by atoms with Crippen LogP contribution in [0, 0.1) is 5.92 Å². The number of hydrogen-bond donors (Lipinski definition) is 2. The molecule has 4 rings (SSSR count). The van der Waals surface area contributed by atoms with Gasteiger partial charge in [0.2, 0.25) is 0 Å². The molecule has 3 N–H and O–H groups in total. The van der Waals surface area contributed by atoms with Gasteiger partial charge in [0.1, 0.15) is 0 Å². The Balaban J connectivity index is 1.36. The molecule has 0 aliphatic carbocycles. The molecule has 1 aliphatic heterocycles. The van der Waals surface area contributed by atoms with Crippen molar-refractivity contribution in [1.29, 1.82) is 0 Å². The standard InChI is InChI=1S/C36H49N5O2/c1-4-5-6-7-13-22-41(36(37)43)34-19-18-31(39(2)3)25-33(34)35(42)38-26-28-20-23-40(24-21-28)27-30-16-11-12-17-32(30)29-14-9-8-10-15-29/h8-12,14-19,25,28H,4-7,13,20-24,26-27H2,1-3H3,(H2,37,43)(H,38,42). The molecule has 7 nitrogen and oxygen atoms in total. The van der Waals surface area contributed by atoms with Gasteiger partial charge in [-0.25, -0.2) is 4.79 Å². The Hall–Kier alpha value is -3.84. The Bertz CT molecular complexity index is 1320. The Morgan fingerprint density at radius 3 is 2.30 bits per heavy atom. The zero-order chi connectivity index (χ0) is 30.6. The fourth-order valence-corrected chi connectivity index (χ4v) is 5.92. The topological polar surface area (TPSA) is 81.9 Å². The molecule has 0 spiro atoms. The van der Waals surface area contributed by atoms with Crippen LogP contribution in [0.2, 0.25) is 0 Å². The van der Waals surface area contributed by atoms with E-state index in [1.807, 2.05) is 37.2 Å². The van der Waals surface area contributed by atoms with E-state index in [0.29, 0.717) is 30.3 Å². The van der Waals surface area contributed by atoms with E-state index < -0.39 is 6.03 Å². The molecule has 3 amide bonds. The third-order valence-electron chi connectivity index (χ3n) is 8.54. The number of carbonyl (C=O) groups is 2. The van der Waals surface area contributed by atoms with E-state index in [1.54, 1.807) is 4.90 Å². The fourth-order valence-electron chi connectivity index (χ4n) is 5.92. The summed E-state index contributed by atoms with van der Waals surface area (Å²) in [5.41, 5.74) is 11.7. The molecule has 43 heavy (non-hydrogen) atoms. The van der Waals surface area contributed by atoms with Gasteiger partial charge in [-0.15, -0.1) is 0 Å². The number of carbonyl (C=O) groups excluding carboxylic acids is 2. The van der Waals surface area contributed by atoms with Crippen molar-refractivity contribution in [3.8, 4) is 11.1 Å². The second-order valence-electron chi connectivity index (χ2n) is 12.0. The number of nitrogens with one attached hydrogen (secondary N) is 1. The smallest absolute Gasteiger partial charge is 0.319 e. The molecule has 230 valence electrons. The molecule has 0 bridgehead atoms. The summed E-state index contributed by atoms with van der Waals surface area (Å²) in [5.74, 6) is 0.256. The van der Waals surface area contributed by atoms with Crippen molar-refractivity contribution in [3.63, 3.8) is 0 Å². The van der Waals surface area contributed by atoms with E-state index in [4.69, 9.17) is 5.73 Å². The first-order valence-corrected chi connectivity index (χ1v) is 15.9. The Morgan fingerprint density at radius 2 is 1.60 bits per heavy atom. The van der Waals surface area contributed by atoms with Crippen molar-refractivity contribution < 1.29 is 9.59 Å². The quantitative estimate of drug-likeness (QED) is 0.202. The lowest BCUT2D eigenvalue weighted by atomic mass is 9.95. The number of unbranched alkanes of at least 4 members (excludes halogenated alkanes) is 4. The molecule has 0 atom stereocenters. The Morgan fingerprint density at radius 1 is 0.907 bits per heavy atom. The highest BCUT2D eigenvalue weighted by Gasteiger charge is 2.24. The molecule has 1 saturated heterocycles. The lowest BCUT2D eigenvalue weighted by Crippen LogP contribution is -2.40. The summed E-state index contributed by atoms with van der Waals surface area (Å²) in [7, 11) is 3.89. The maximum Gasteiger partial charge on any atom is 0.319 e. The molecule has 1 heterocycles. The molecule has 3 aromatic carbocycles. The van der Waals surface area contributed by atoms with Gasteiger partial charge >= 0.3 is 6.03 Å². The average molecular weight is 584 g/mol. The first kappa shape index (κ1) is 32.1. The van der Waals surface area contributed by atoms with Crippen molar-refractivity contribution in [3.05, 3.63) is 83.9 Å². The van der Waals surface area contributed by atoms with Gasteiger partial charge in [0.05, 0.1) is 11.3 Å². The minimum Gasteiger partial charge on any atom is -0.378 e. The van der Waals surface area contributed by atoms with E-state index in [2.05, 4.69) is 71.7 Å². The van der Waals surface area contributed by atoms with Crippen molar-refractivity contribution in [2.75, 3.05) is 50.1 Å². The van der Waals surface area contributed by atoms with Crippen LogP contribution in [0.25, 0.3) is 11.1 Å². The van der Waals surface area contributed by atoms with E-state index in [9.17, 15) is 9.59 Å². The van der Waals surface area contributed by atoms with Gasteiger partial charge in [-0.1, -0.05) is 87.2 Å². The maximum absolute atomic E-state index is 13.6. The molecule has 1 aliphatic rings. The van der Waals surface area contributed by atoms with Crippen LogP contribution in [0.3, 0.4) is 0 Å². The number of nitrogens with two attached hydrogens (primary N) is 1. The van der Waals surface area contributed by atoms with Gasteiger partial charge in [-0.05, 0) is 73.2 Å². The average Bonchev–Trinajstić information content (AvgIpc) is 3.02. The second-order valence-corrected chi connectivity index (χ2v) is 12.0. The summed E-state index contributed by atoms with van der Waals surface area (Å²) in [6, 6.07) is 24.4. The van der Waals surface area contributed by atoms with Gasteiger partial charge in [0, 0.05) is 39.4 Å². The molecule has 3 aromatic rings. The number of rotatable bonds is 14. The molecule has 7 heteroatoms. The molecule has 1 fully saturated rings. The van der Waals surface area contributed by atoms with Crippen LogP contribution in [0.4, 0.5) is 16.2 Å². The molecule has 0 unspecified atom stereocenters. The summed E-state index contributed by atoms with van der Waals surface area (Å²) < 4.78 is 0. The highest BCUT2D eigenvalue weighted by Crippen LogP contribution is 2.28. The summed E-state index contributed by atoms with van der Waals surface area (Å²) in [4.78, 5) is 32.1. The first-order valence-electron chi connectivity index (χ1n) is 15.9. The van der Waals surface area contributed by atoms with Gasteiger partial charge in [0.15, 0.2) is 0 Å². The summed E-state index contributed by atoms with van der Waals surface area (Å²) in [5, 5.41) is 3.19. The van der Waals surface area contributed by atoms with E-state index in [1.165, 1.54) is 23.1 Å². The number of hydrogen-bond acceptors (Lipinski definition) is 4. The van der Waals surface area contributed by atoms with E-state index in [0.717, 1.165) is 63.8 Å². The summed E-state index contributed by atoms with van der Waals surface area (Å²) in [6.07, 6.45) is 7.43. The lowest BCUT2D eigenvalue weighted by molar-refractivity contribution is 0.0936. The second kappa shape index (κ2) is 16.1. The number of piperidine rings is 1. The van der Waals surface area contributed by atoms with Gasteiger partial charge < -0.3 is 16.0 Å². The first-order chi connectivity index (χ1) is 20.9. The van der Waals surface area contributed by atoms with Crippen LogP contribution in [-0.2, 0) is 6.54 Å². The van der Waals surface area contributed by atoms with Gasteiger partial charge in [0.25, 0.3) is 5.91 Å². The number of primary amides is 1. The van der Waals surface area contributed by atoms with Crippen molar-refractivity contribution in [2.45, 2.75) is 58.4 Å². The summed E-state index contributed by atoms with van der Waals surface area (Å²) in [6.45, 7) is 6.23. The minimum absolute atomic E-state index is 0.157. The monoisotopic (exact) mass is 583 g/mol. The third kappa shape index (κ3) is 9.07. The lowest BCUT2D eigenvalue weighted by Gasteiger charge is -2.32. The van der Waals surface area contributed by atoms with Crippen LogP contribution >= 0.6 is 0 Å². The third-order valence-corrected chi connectivity index (χ3v) is 8.54. The number of anilines is 2. The Labute approximate surface area is 258 Å². The largest absolute Gasteiger partial charge is 0.378 e. The van der Waals surface area contributed by atoms with Crippen molar-refractivity contribution in [1.82, 2.24) is 10.2 Å². The maximum atomic E-state index is 13.6. The highest BCUT2D eigenvalue weighted by molar-refractivity contribution is 6.05. The zero-order valence-electron chi connectivity index (χ0n) is 26.2. The molecule has 0 saturated carbocycles. The van der Waals surface area contributed by atoms with Gasteiger partial charge in [-0.2, -0.15) is 0 Å². The molecule has 0 aromatic heterocycles. The molecular formula is C36H49N5O2. The predicted octanol–water partition coefficient (Wildman–Crippen LogP) is 6.92. The van der Waals surface area contributed by atoms with Crippen molar-refractivity contribution >= 4 is 23.3 Å². The SMILES string of the molecule is CCCCCCCN(C(N)=O)c1ccc(N(C)C)cc1C(=O)NCC1CCN(Cc2ccccc2-c2ccccc2)CC1. The van der Waals surface area contributed by atoms with Crippen molar-refractivity contribution in [2.24, 2.45) is 11.7 Å². The number of amides is 3. The summed E-state index contributed by atoms with van der Waals surface area (Å²) >= 11 is 0. The van der Waals surface area contributed by atoms with Crippen LogP contribution in [-0.4, -0.2) is 57.1 Å². The van der Waals surface area contributed by atoms with Crippen LogP contribution in [0.1, 0.15) is 67.8 Å².